The van der Waals surface area contributed by atoms with E-state index in [0.29, 0.717) is 5.57 Å². The molecule has 204 valence electrons. The van der Waals surface area contributed by atoms with Crippen LogP contribution < -0.4 is 34.1 Å². The topological polar surface area (TPSA) is 267 Å². The molecule has 4 heterocycles. The number of nitrogens with zero attached hydrogens (tertiary/aromatic N) is 5. The summed E-state index contributed by atoms with van der Waals surface area (Å²) < 4.78 is 0. The molecule has 3 aliphatic heterocycles. The molecule has 3 atom stereocenters. The predicted octanol–water partition coefficient (Wildman–Crippen LogP) is -2.15. The number of nitrogen functional groups attached to an aromatic ring is 1. The number of carbonyl (C=O) groups is 3. The number of rotatable bonds is 8. The fraction of sp³-hybridized carbons (Fsp3) is 0.368. The predicted molar refractivity (Wildman–Crippen MR) is 144 cm³/mol. The van der Waals surface area contributed by atoms with Gasteiger partial charge < -0.3 is 38.2 Å². The number of fused-ring (bicyclic) bond motifs is 1. The number of aliphatic imine (C=N–C) groups is 1. The van der Waals surface area contributed by atoms with Gasteiger partial charge in [-0.2, -0.15) is 0 Å². The van der Waals surface area contributed by atoms with Gasteiger partial charge in [-0.15, -0.1) is 23.1 Å². The highest BCUT2D eigenvalue weighted by atomic mass is 32.2. The number of hydrogen-bond acceptors (Lipinski definition) is 16. The second-order valence-electron chi connectivity index (χ2n) is 7.92. The van der Waals surface area contributed by atoms with E-state index in [1.54, 1.807) is 6.92 Å². The molecule has 4 rings (SSSR count). The maximum atomic E-state index is 13.0. The fourth-order valence-corrected chi connectivity index (χ4v) is 6.63. The number of aliphatic carboxylic acids is 1. The lowest BCUT2D eigenvalue weighted by Gasteiger charge is -2.49. The van der Waals surface area contributed by atoms with E-state index < -0.39 is 35.4 Å². The minimum Gasteiger partial charge on any atom is -0.477 e. The number of aromatic nitrogens is 1. The first-order valence-electron chi connectivity index (χ1n) is 10.9. The Morgan fingerprint density at radius 2 is 2.11 bits per heavy atom. The quantitative estimate of drug-likeness (QED) is 0.0744. The van der Waals surface area contributed by atoms with Gasteiger partial charge in [0, 0.05) is 16.9 Å². The maximum Gasteiger partial charge on any atom is 0.352 e. The van der Waals surface area contributed by atoms with Gasteiger partial charge in [0.2, 0.25) is 0 Å². The first kappa shape index (κ1) is 27.5. The molecular formula is C19H25N11O5S3. The van der Waals surface area contributed by atoms with Crippen LogP contribution in [0.3, 0.4) is 0 Å². The van der Waals surface area contributed by atoms with Crippen molar-refractivity contribution in [3.05, 3.63) is 33.9 Å². The molecular weight excluding hydrogens is 558 g/mol. The van der Waals surface area contributed by atoms with Crippen LogP contribution in [0.25, 0.3) is 0 Å². The van der Waals surface area contributed by atoms with E-state index in [0.717, 1.165) is 33.0 Å². The lowest BCUT2D eigenvalue weighted by atomic mass is 10.0. The first-order valence-corrected chi connectivity index (χ1v) is 13.8. The molecule has 0 radical (unpaired) electrons. The normalized spacial score (nSPS) is 23.7. The van der Waals surface area contributed by atoms with Crippen molar-refractivity contribution in [1.82, 2.24) is 20.2 Å². The number of amides is 2. The van der Waals surface area contributed by atoms with E-state index in [4.69, 9.17) is 33.6 Å². The Hall–Kier alpha value is -3.52. The number of carboxylic acids is 1. The van der Waals surface area contributed by atoms with Crippen molar-refractivity contribution >= 4 is 68.7 Å². The van der Waals surface area contributed by atoms with Gasteiger partial charge in [0.1, 0.15) is 41.4 Å². The van der Waals surface area contributed by atoms with Crippen LogP contribution in [0, 0.1) is 0 Å². The number of oxime groups is 1. The van der Waals surface area contributed by atoms with Crippen molar-refractivity contribution in [2.24, 2.45) is 33.2 Å². The van der Waals surface area contributed by atoms with Crippen molar-refractivity contribution in [3.63, 3.8) is 0 Å². The van der Waals surface area contributed by atoms with Gasteiger partial charge in [-0.25, -0.2) is 20.6 Å². The largest absolute Gasteiger partial charge is 0.477 e. The van der Waals surface area contributed by atoms with Gasteiger partial charge in [0.25, 0.3) is 11.8 Å². The number of carbonyl (C=O) groups excluding carboxylic acids is 2. The highest BCUT2D eigenvalue weighted by Gasteiger charge is 2.54. The Kier molecular flexibility index (Phi) is 8.02. The van der Waals surface area contributed by atoms with Gasteiger partial charge in [0.15, 0.2) is 16.0 Å². The van der Waals surface area contributed by atoms with E-state index in [1.807, 2.05) is 0 Å². The van der Waals surface area contributed by atoms with Crippen molar-refractivity contribution in [1.29, 1.82) is 0 Å². The van der Waals surface area contributed by atoms with Gasteiger partial charge in [0.05, 0.1) is 5.70 Å². The number of hydrazine groups is 1. The SMILES string of the molecule is CCO/N=C(\C(=O)NC1C(=O)N2C(C(=O)O)=C(CSC3=NC(N)=C(N)C(N)N3N)CS[C@@H]12)c1csc(N)n1. The molecule has 3 aliphatic rings. The molecule has 12 N–H and O–H groups in total. The molecule has 2 unspecified atom stereocenters. The Bertz CT molecular complexity index is 1290. The fourth-order valence-electron chi connectivity index (χ4n) is 3.64. The van der Waals surface area contributed by atoms with Crippen molar-refractivity contribution in [2.45, 2.75) is 24.5 Å². The van der Waals surface area contributed by atoms with Crippen LogP contribution in [0.1, 0.15) is 12.6 Å². The summed E-state index contributed by atoms with van der Waals surface area (Å²) >= 11 is 3.52. The number of amidine groups is 1. The Labute approximate surface area is 228 Å². The number of nitrogens with one attached hydrogen (secondary N) is 1. The molecule has 0 aliphatic carbocycles. The minimum absolute atomic E-state index is 0.0244. The highest BCUT2D eigenvalue weighted by molar-refractivity contribution is 8.14. The molecule has 0 aromatic carbocycles. The summed E-state index contributed by atoms with van der Waals surface area (Å²) in [6.45, 7) is 1.90. The molecule has 0 spiro atoms. The third-order valence-corrected chi connectivity index (χ3v) is 8.59. The average molecular weight is 584 g/mol. The third-order valence-electron chi connectivity index (χ3n) is 5.53. The smallest absolute Gasteiger partial charge is 0.352 e. The van der Waals surface area contributed by atoms with E-state index in [1.165, 1.54) is 17.1 Å². The lowest BCUT2D eigenvalue weighted by Crippen LogP contribution is -2.71. The zero-order valence-electron chi connectivity index (χ0n) is 19.9. The molecule has 16 nitrogen and oxygen atoms in total. The Morgan fingerprint density at radius 1 is 1.37 bits per heavy atom. The van der Waals surface area contributed by atoms with Crippen molar-refractivity contribution < 1.29 is 24.3 Å². The summed E-state index contributed by atoms with van der Waals surface area (Å²) in [5.74, 6) is 3.82. The molecule has 1 aromatic heterocycles. The minimum atomic E-state index is -1.28. The molecule has 38 heavy (non-hydrogen) atoms. The zero-order chi connectivity index (χ0) is 27.7. The second-order valence-corrected chi connectivity index (χ2v) is 10.9. The average Bonchev–Trinajstić information content (AvgIpc) is 3.32. The molecule has 19 heteroatoms. The van der Waals surface area contributed by atoms with E-state index in [2.05, 4.69) is 20.4 Å². The standard InChI is InChI=1S/C19H25N11O5S3/c1-2-35-28-9(7-5-37-18(23)25-7)14(31)26-10-15(32)29-11(17(33)34)6(3-36-16(10)29)4-38-19-27-12(21)8(20)13(22)30(19)24/h5,10,13,16H,2-4,20-22,24H2,1H3,(H2,23,25)(H,26,31)(H,33,34)/b28-9-/t10?,13?,16-/m0/s1. The van der Waals surface area contributed by atoms with Gasteiger partial charge >= 0.3 is 5.97 Å². The highest BCUT2D eigenvalue weighted by Crippen LogP contribution is 2.41. The lowest BCUT2D eigenvalue weighted by molar-refractivity contribution is -0.150. The van der Waals surface area contributed by atoms with Crippen LogP contribution in [0.2, 0.25) is 0 Å². The monoisotopic (exact) mass is 583 g/mol. The Balaban J connectivity index is 1.49. The van der Waals surface area contributed by atoms with Crippen LogP contribution in [-0.2, 0) is 19.2 Å². The van der Waals surface area contributed by atoms with Crippen LogP contribution in [0.4, 0.5) is 5.13 Å². The number of anilines is 1. The number of thioether (sulfide) groups is 2. The maximum absolute atomic E-state index is 13.0. The summed E-state index contributed by atoms with van der Waals surface area (Å²) in [6, 6.07) is -0.980. The van der Waals surface area contributed by atoms with E-state index >= 15 is 0 Å². The van der Waals surface area contributed by atoms with Crippen LogP contribution in [-0.4, -0.2) is 84.4 Å². The molecule has 0 saturated carbocycles. The van der Waals surface area contributed by atoms with Crippen molar-refractivity contribution in [3.8, 4) is 0 Å². The number of β-lactam (4-membered cyclic amide) rings is 1. The number of carboxylic acid groups (broad SMARTS) is 1. The number of nitrogens with two attached hydrogens (primary N) is 5. The van der Waals surface area contributed by atoms with Crippen LogP contribution in [0.15, 0.2) is 38.3 Å². The molecule has 1 fully saturated rings. The van der Waals surface area contributed by atoms with E-state index in [-0.39, 0.29) is 57.0 Å². The van der Waals surface area contributed by atoms with Crippen molar-refractivity contribution in [2.75, 3.05) is 23.8 Å². The number of thiazole rings is 1. The van der Waals surface area contributed by atoms with E-state index in [9.17, 15) is 19.5 Å². The first-order chi connectivity index (χ1) is 18.0. The second kappa shape index (κ2) is 11.1. The van der Waals surface area contributed by atoms with Crippen LogP contribution in [0.5, 0.6) is 0 Å². The molecule has 0 bridgehead atoms. The van der Waals surface area contributed by atoms with Gasteiger partial charge in [-0.3, -0.25) is 19.5 Å². The van der Waals surface area contributed by atoms with Gasteiger partial charge in [-0.1, -0.05) is 16.9 Å². The summed E-state index contributed by atoms with van der Waals surface area (Å²) in [4.78, 5) is 52.5. The third kappa shape index (κ3) is 5.10. The van der Waals surface area contributed by atoms with Gasteiger partial charge in [-0.05, 0) is 12.5 Å². The summed E-state index contributed by atoms with van der Waals surface area (Å²) in [7, 11) is 0. The summed E-state index contributed by atoms with van der Waals surface area (Å²) in [6.07, 6.45) is -0.883. The zero-order valence-corrected chi connectivity index (χ0v) is 22.3. The summed E-state index contributed by atoms with van der Waals surface area (Å²) in [5.41, 5.74) is 23.6. The molecule has 2 amide bonds. The Morgan fingerprint density at radius 3 is 2.74 bits per heavy atom. The van der Waals surface area contributed by atoms with Crippen LogP contribution >= 0.6 is 34.9 Å². The molecule has 1 saturated heterocycles. The molecule has 1 aromatic rings. The summed E-state index contributed by atoms with van der Waals surface area (Å²) in [5, 5.41) is 18.9. The number of hydrogen-bond donors (Lipinski definition) is 7.